The van der Waals surface area contributed by atoms with E-state index in [0.29, 0.717) is 35.6 Å². The predicted molar refractivity (Wildman–Crippen MR) is 111 cm³/mol. The standard InChI is InChI=1S/C22H20N4O4/c1-29-12-11-26(14-20-23-17-10-6-5-9-16(17)21(27)24-20)22(28)18-13-19(30-25-18)15-7-3-2-4-8-15/h2-10,13H,11-12,14H2,1H3,(H,23,24,27). The number of ether oxygens (including phenoxy) is 1. The Labute approximate surface area is 172 Å². The number of nitrogens with one attached hydrogen (secondary N) is 1. The molecular formula is C22H20N4O4. The second-order valence-corrected chi connectivity index (χ2v) is 6.69. The number of H-pyrrole nitrogens is 1. The molecule has 0 unspecified atom stereocenters. The Kier molecular flexibility index (Phi) is 5.67. The Morgan fingerprint density at radius 1 is 1.13 bits per heavy atom. The van der Waals surface area contributed by atoms with Gasteiger partial charge in [-0.15, -0.1) is 0 Å². The average Bonchev–Trinajstić information content (AvgIpc) is 3.27. The van der Waals surface area contributed by atoms with E-state index in [4.69, 9.17) is 9.26 Å². The number of methoxy groups -OCH3 is 1. The predicted octanol–water partition coefficient (Wildman–Crippen LogP) is 2.87. The molecule has 30 heavy (non-hydrogen) atoms. The maximum absolute atomic E-state index is 13.1. The van der Waals surface area contributed by atoms with Gasteiger partial charge < -0.3 is 19.1 Å². The van der Waals surface area contributed by atoms with Crippen molar-refractivity contribution in [1.82, 2.24) is 20.0 Å². The lowest BCUT2D eigenvalue weighted by Gasteiger charge is -2.20. The highest BCUT2D eigenvalue weighted by Gasteiger charge is 2.22. The van der Waals surface area contributed by atoms with Crippen LogP contribution in [0.25, 0.3) is 22.2 Å². The van der Waals surface area contributed by atoms with Crippen molar-refractivity contribution in [2.45, 2.75) is 6.54 Å². The summed E-state index contributed by atoms with van der Waals surface area (Å²) in [4.78, 5) is 34.2. The SMILES string of the molecule is COCCN(Cc1nc2ccccc2c(=O)[nH]1)C(=O)c1cc(-c2ccccc2)on1. The van der Waals surface area contributed by atoms with E-state index in [0.717, 1.165) is 5.56 Å². The molecule has 0 spiro atoms. The topological polar surface area (TPSA) is 101 Å². The fourth-order valence-electron chi connectivity index (χ4n) is 3.12. The van der Waals surface area contributed by atoms with Crippen molar-refractivity contribution in [2.75, 3.05) is 20.3 Å². The van der Waals surface area contributed by atoms with Gasteiger partial charge in [0.25, 0.3) is 11.5 Å². The molecule has 1 amide bonds. The highest BCUT2D eigenvalue weighted by molar-refractivity contribution is 5.93. The number of carbonyl (C=O) groups excluding carboxylic acids is 1. The van der Waals surface area contributed by atoms with Crippen LogP contribution in [-0.2, 0) is 11.3 Å². The molecule has 0 saturated carbocycles. The zero-order valence-electron chi connectivity index (χ0n) is 16.4. The minimum Gasteiger partial charge on any atom is -0.383 e. The molecule has 0 saturated heterocycles. The molecule has 2 aromatic carbocycles. The van der Waals surface area contributed by atoms with Gasteiger partial charge in [0.05, 0.1) is 24.1 Å². The van der Waals surface area contributed by atoms with Crippen molar-refractivity contribution in [3.05, 3.63) is 82.5 Å². The summed E-state index contributed by atoms with van der Waals surface area (Å²) >= 11 is 0. The molecule has 0 bridgehead atoms. The third kappa shape index (κ3) is 4.13. The number of nitrogens with zero attached hydrogens (tertiary/aromatic N) is 3. The van der Waals surface area contributed by atoms with Crippen LogP contribution < -0.4 is 5.56 Å². The van der Waals surface area contributed by atoms with Gasteiger partial charge in [-0.1, -0.05) is 47.6 Å². The number of carbonyl (C=O) groups is 1. The van der Waals surface area contributed by atoms with E-state index >= 15 is 0 Å². The van der Waals surface area contributed by atoms with Gasteiger partial charge in [-0.25, -0.2) is 4.98 Å². The lowest BCUT2D eigenvalue weighted by Crippen LogP contribution is -2.35. The van der Waals surface area contributed by atoms with Crippen LogP contribution in [0.5, 0.6) is 0 Å². The van der Waals surface area contributed by atoms with E-state index in [1.807, 2.05) is 36.4 Å². The quantitative estimate of drug-likeness (QED) is 0.508. The summed E-state index contributed by atoms with van der Waals surface area (Å²) in [6.07, 6.45) is 0. The van der Waals surface area contributed by atoms with Crippen molar-refractivity contribution >= 4 is 16.8 Å². The van der Waals surface area contributed by atoms with E-state index in [9.17, 15) is 9.59 Å². The van der Waals surface area contributed by atoms with Gasteiger partial charge in [-0.2, -0.15) is 0 Å². The molecule has 4 aromatic rings. The van der Waals surface area contributed by atoms with Crippen LogP contribution in [0.2, 0.25) is 0 Å². The van der Waals surface area contributed by atoms with E-state index in [1.165, 1.54) is 4.90 Å². The van der Waals surface area contributed by atoms with Crippen LogP contribution in [-0.4, -0.2) is 46.2 Å². The summed E-state index contributed by atoms with van der Waals surface area (Å²) in [5.41, 5.74) is 1.33. The second-order valence-electron chi connectivity index (χ2n) is 6.69. The minimum absolute atomic E-state index is 0.107. The Balaban J connectivity index is 1.60. The van der Waals surface area contributed by atoms with Gasteiger partial charge in [0, 0.05) is 25.3 Å². The number of amides is 1. The number of aromatic amines is 1. The van der Waals surface area contributed by atoms with Crippen molar-refractivity contribution in [3.63, 3.8) is 0 Å². The van der Waals surface area contributed by atoms with E-state index < -0.39 is 0 Å². The van der Waals surface area contributed by atoms with Crippen LogP contribution in [0, 0.1) is 0 Å². The highest BCUT2D eigenvalue weighted by Crippen LogP contribution is 2.20. The molecule has 0 radical (unpaired) electrons. The molecule has 8 nitrogen and oxygen atoms in total. The molecule has 4 rings (SSSR count). The van der Waals surface area contributed by atoms with Crippen LogP contribution in [0.15, 0.2) is 70.0 Å². The minimum atomic E-state index is -0.339. The third-order valence-electron chi connectivity index (χ3n) is 4.64. The maximum Gasteiger partial charge on any atom is 0.276 e. The first-order valence-electron chi connectivity index (χ1n) is 9.44. The first kappa shape index (κ1) is 19.5. The first-order chi connectivity index (χ1) is 14.7. The Hall–Kier alpha value is -3.78. The normalized spacial score (nSPS) is 11.0. The first-order valence-corrected chi connectivity index (χ1v) is 9.44. The lowest BCUT2D eigenvalue weighted by atomic mass is 10.1. The number of para-hydroxylation sites is 1. The molecule has 0 aliphatic rings. The van der Waals surface area contributed by atoms with Gasteiger partial charge in [0.2, 0.25) is 0 Å². The van der Waals surface area contributed by atoms with Crippen molar-refractivity contribution < 1.29 is 14.1 Å². The molecule has 2 aromatic heterocycles. The van der Waals surface area contributed by atoms with E-state index in [2.05, 4.69) is 15.1 Å². The molecule has 0 fully saturated rings. The van der Waals surface area contributed by atoms with E-state index in [1.54, 1.807) is 31.4 Å². The summed E-state index contributed by atoms with van der Waals surface area (Å²) < 4.78 is 10.5. The lowest BCUT2D eigenvalue weighted by molar-refractivity contribution is 0.0665. The Morgan fingerprint density at radius 3 is 2.70 bits per heavy atom. The molecule has 0 atom stereocenters. The largest absolute Gasteiger partial charge is 0.383 e. The molecule has 1 N–H and O–H groups in total. The summed E-state index contributed by atoms with van der Waals surface area (Å²) in [5.74, 6) is 0.548. The molecular weight excluding hydrogens is 384 g/mol. The molecule has 0 aliphatic heterocycles. The number of hydrogen-bond acceptors (Lipinski definition) is 6. The number of aromatic nitrogens is 3. The van der Waals surface area contributed by atoms with Gasteiger partial charge in [0.15, 0.2) is 11.5 Å². The summed E-state index contributed by atoms with van der Waals surface area (Å²) in [5, 5.41) is 4.43. The average molecular weight is 404 g/mol. The maximum atomic E-state index is 13.1. The van der Waals surface area contributed by atoms with Crippen LogP contribution in [0.3, 0.4) is 0 Å². The van der Waals surface area contributed by atoms with Gasteiger partial charge in [0.1, 0.15) is 5.82 Å². The van der Waals surface area contributed by atoms with Crippen LogP contribution in [0.4, 0.5) is 0 Å². The zero-order chi connectivity index (χ0) is 20.9. The molecule has 2 heterocycles. The number of fused-ring (bicyclic) bond motifs is 1. The van der Waals surface area contributed by atoms with Crippen LogP contribution >= 0.6 is 0 Å². The zero-order valence-corrected chi connectivity index (χ0v) is 16.4. The van der Waals surface area contributed by atoms with Crippen molar-refractivity contribution in [2.24, 2.45) is 0 Å². The fourth-order valence-corrected chi connectivity index (χ4v) is 3.12. The number of rotatable bonds is 7. The monoisotopic (exact) mass is 404 g/mol. The molecule has 8 heteroatoms. The third-order valence-corrected chi connectivity index (χ3v) is 4.64. The van der Waals surface area contributed by atoms with Gasteiger partial charge in [-0.3, -0.25) is 9.59 Å². The summed E-state index contributed by atoms with van der Waals surface area (Å²) in [6.45, 7) is 0.738. The Morgan fingerprint density at radius 2 is 1.90 bits per heavy atom. The van der Waals surface area contributed by atoms with Gasteiger partial charge >= 0.3 is 0 Å². The van der Waals surface area contributed by atoms with Crippen LogP contribution in [0.1, 0.15) is 16.3 Å². The molecule has 0 aliphatic carbocycles. The van der Waals surface area contributed by atoms with E-state index in [-0.39, 0.29) is 23.7 Å². The number of hydrogen-bond donors (Lipinski definition) is 1. The highest BCUT2D eigenvalue weighted by atomic mass is 16.5. The van der Waals surface area contributed by atoms with Crippen molar-refractivity contribution in [3.8, 4) is 11.3 Å². The summed E-state index contributed by atoms with van der Waals surface area (Å²) in [6, 6.07) is 18.1. The second kappa shape index (κ2) is 8.71. The molecule has 152 valence electrons. The smallest absolute Gasteiger partial charge is 0.276 e. The fraction of sp³-hybridized carbons (Fsp3) is 0.182. The van der Waals surface area contributed by atoms with Crippen molar-refractivity contribution in [1.29, 1.82) is 0 Å². The Bertz CT molecular complexity index is 1220. The van der Waals surface area contributed by atoms with Gasteiger partial charge in [-0.05, 0) is 12.1 Å². The summed E-state index contributed by atoms with van der Waals surface area (Å²) in [7, 11) is 1.56. The number of benzene rings is 2.